The lowest BCUT2D eigenvalue weighted by Gasteiger charge is -2.04. The van der Waals surface area contributed by atoms with E-state index in [0.717, 1.165) is 32.7 Å². The van der Waals surface area contributed by atoms with Gasteiger partial charge < -0.3 is 9.47 Å². The van der Waals surface area contributed by atoms with Crippen molar-refractivity contribution in [2.24, 2.45) is 8.80 Å². The van der Waals surface area contributed by atoms with Crippen LogP contribution < -0.4 is 9.47 Å². The summed E-state index contributed by atoms with van der Waals surface area (Å²) in [6.07, 6.45) is 0. The molecule has 0 atom stereocenters. The van der Waals surface area contributed by atoms with Crippen molar-refractivity contribution in [1.82, 2.24) is 0 Å². The minimum Gasteiger partial charge on any atom is -0.497 e. The lowest BCUT2D eigenvalue weighted by molar-refractivity contribution is 0.414. The van der Waals surface area contributed by atoms with E-state index in [1.54, 1.807) is 37.7 Å². The molecule has 0 aromatic heterocycles. The number of nitrogens with zero attached hydrogens (tertiary/aromatic N) is 2. The van der Waals surface area contributed by atoms with Crippen molar-refractivity contribution in [2.45, 2.75) is 0 Å². The quantitative estimate of drug-likeness (QED) is 0.584. The first-order chi connectivity index (χ1) is 12.8. The highest BCUT2D eigenvalue weighted by Gasteiger charge is 2.26. The molecule has 2 heterocycles. The number of hydrogen-bond acceptors (Lipinski definition) is 8. The van der Waals surface area contributed by atoms with Crippen LogP contribution in [-0.2, 0) is 0 Å². The van der Waals surface area contributed by atoms with Crippen molar-refractivity contribution in [1.29, 1.82) is 0 Å². The highest BCUT2D eigenvalue weighted by Crippen LogP contribution is 2.52. The Morgan fingerprint density at radius 3 is 1.58 bits per heavy atom. The van der Waals surface area contributed by atoms with Crippen LogP contribution in [0.25, 0.3) is 0 Å². The first kappa shape index (κ1) is 17.9. The molecule has 8 heteroatoms. The average Bonchev–Trinajstić information content (AvgIpc) is 3.37. The monoisotopic (exact) mass is 418 g/mol. The third-order valence-corrected chi connectivity index (χ3v) is 8.40. The Bertz CT molecular complexity index is 865. The second kappa shape index (κ2) is 8.04. The van der Waals surface area contributed by atoms with Gasteiger partial charge in [-0.1, -0.05) is 47.8 Å². The molecule has 0 bridgehead atoms. The van der Waals surface area contributed by atoms with Crippen molar-refractivity contribution in [3.63, 3.8) is 0 Å². The Morgan fingerprint density at radius 1 is 0.692 bits per heavy atom. The van der Waals surface area contributed by atoms with Crippen LogP contribution in [0.3, 0.4) is 0 Å². The summed E-state index contributed by atoms with van der Waals surface area (Å²) in [5.74, 6) is 1.68. The fraction of sp³-hybridized carbons (Fsp3) is 0.111. The lowest BCUT2D eigenvalue weighted by atomic mass is 10.2. The standard InChI is InChI=1S/C18H14N2O2S4/c1-21-13-7-3-5-11(9-13)15-19-25-17(23-15)18-24-16(20-26-18)12-6-4-8-14(10-12)22-2/h3-10H,1-2H3/b18-17+. The van der Waals surface area contributed by atoms with Crippen molar-refractivity contribution >= 4 is 57.5 Å². The van der Waals surface area contributed by atoms with Gasteiger partial charge in [0, 0.05) is 35.0 Å². The molecule has 4 nitrogen and oxygen atoms in total. The van der Waals surface area contributed by atoms with Crippen molar-refractivity contribution in [3.05, 3.63) is 68.1 Å². The topological polar surface area (TPSA) is 43.2 Å². The fourth-order valence-corrected chi connectivity index (χ4v) is 6.47. The predicted molar refractivity (Wildman–Crippen MR) is 116 cm³/mol. The van der Waals surface area contributed by atoms with Gasteiger partial charge in [-0.05, 0) is 24.3 Å². The van der Waals surface area contributed by atoms with Crippen LogP contribution in [0.15, 0.2) is 65.8 Å². The molecule has 0 saturated carbocycles. The van der Waals surface area contributed by atoms with E-state index >= 15 is 0 Å². The zero-order valence-electron chi connectivity index (χ0n) is 14.0. The van der Waals surface area contributed by atoms with E-state index in [-0.39, 0.29) is 0 Å². The molecule has 0 aliphatic carbocycles. The highest BCUT2D eigenvalue weighted by molar-refractivity contribution is 8.38. The zero-order chi connectivity index (χ0) is 17.9. The van der Waals surface area contributed by atoms with Crippen LogP contribution in [0, 0.1) is 0 Å². The third-order valence-electron chi connectivity index (χ3n) is 3.60. The normalized spacial score (nSPS) is 19.3. The van der Waals surface area contributed by atoms with Gasteiger partial charge in [0.1, 0.15) is 21.6 Å². The molecule has 2 aromatic carbocycles. The number of thioether (sulfide) groups is 2. The largest absolute Gasteiger partial charge is 0.497 e. The predicted octanol–water partition coefficient (Wildman–Crippen LogP) is 5.81. The molecule has 2 aliphatic rings. The van der Waals surface area contributed by atoms with Gasteiger partial charge in [0.05, 0.1) is 22.7 Å². The van der Waals surface area contributed by atoms with E-state index in [0.29, 0.717) is 0 Å². The first-order valence-corrected chi connectivity index (χ1v) is 10.8. The molecule has 0 unspecified atom stereocenters. The maximum Gasteiger partial charge on any atom is 0.119 e. The van der Waals surface area contributed by atoms with E-state index in [4.69, 9.17) is 9.47 Å². The van der Waals surface area contributed by atoms with E-state index in [1.807, 2.05) is 36.4 Å². The van der Waals surface area contributed by atoms with E-state index in [1.165, 1.54) is 32.4 Å². The van der Waals surface area contributed by atoms with Crippen LogP contribution in [0.2, 0.25) is 0 Å². The zero-order valence-corrected chi connectivity index (χ0v) is 17.2. The number of methoxy groups -OCH3 is 2. The molecular formula is C18H14N2O2S4. The molecule has 132 valence electrons. The summed E-state index contributed by atoms with van der Waals surface area (Å²) in [7, 11) is 3.35. The molecule has 2 aromatic rings. The van der Waals surface area contributed by atoms with Gasteiger partial charge >= 0.3 is 0 Å². The number of rotatable bonds is 4. The van der Waals surface area contributed by atoms with Gasteiger partial charge in [-0.25, -0.2) is 8.80 Å². The maximum absolute atomic E-state index is 5.30. The lowest BCUT2D eigenvalue weighted by Crippen LogP contribution is -1.93. The van der Waals surface area contributed by atoms with Gasteiger partial charge in [0.25, 0.3) is 0 Å². The third kappa shape index (κ3) is 3.78. The Balaban J connectivity index is 1.48. The van der Waals surface area contributed by atoms with Crippen LogP contribution in [0.1, 0.15) is 11.1 Å². The minimum absolute atomic E-state index is 0.838. The second-order valence-electron chi connectivity index (χ2n) is 5.22. The molecule has 2 aliphatic heterocycles. The molecule has 0 radical (unpaired) electrons. The van der Waals surface area contributed by atoms with Crippen molar-refractivity contribution in [2.75, 3.05) is 14.2 Å². The summed E-state index contributed by atoms with van der Waals surface area (Å²) in [5.41, 5.74) is 2.14. The Morgan fingerprint density at radius 2 is 1.15 bits per heavy atom. The Kier molecular flexibility index (Phi) is 5.54. The average molecular weight is 419 g/mol. The summed E-state index contributed by atoms with van der Waals surface area (Å²) in [5, 5.41) is 1.99. The van der Waals surface area contributed by atoms with Gasteiger partial charge in [-0.3, -0.25) is 0 Å². The summed E-state index contributed by atoms with van der Waals surface area (Å²) < 4.78 is 22.2. The second-order valence-corrected chi connectivity index (χ2v) is 9.28. The van der Waals surface area contributed by atoms with Crippen LogP contribution in [0.5, 0.6) is 11.5 Å². The summed E-state index contributed by atoms with van der Waals surface area (Å²) >= 11 is 6.39. The molecule has 0 amide bonds. The van der Waals surface area contributed by atoms with E-state index in [9.17, 15) is 0 Å². The van der Waals surface area contributed by atoms with Gasteiger partial charge in [-0.15, -0.1) is 0 Å². The Labute approximate surface area is 169 Å². The van der Waals surface area contributed by atoms with E-state index in [2.05, 4.69) is 20.9 Å². The maximum atomic E-state index is 5.30. The fourth-order valence-electron chi connectivity index (χ4n) is 2.31. The molecule has 0 spiro atoms. The Hall–Kier alpha value is -1.48. The molecule has 26 heavy (non-hydrogen) atoms. The summed E-state index contributed by atoms with van der Waals surface area (Å²) in [6.45, 7) is 0. The van der Waals surface area contributed by atoms with Crippen molar-refractivity contribution in [3.8, 4) is 11.5 Å². The van der Waals surface area contributed by atoms with Crippen LogP contribution >= 0.6 is 47.4 Å². The van der Waals surface area contributed by atoms with Crippen LogP contribution in [0.4, 0.5) is 0 Å². The highest BCUT2D eigenvalue weighted by atomic mass is 32.2. The summed E-state index contributed by atoms with van der Waals surface area (Å²) in [4.78, 5) is 0. The van der Waals surface area contributed by atoms with Crippen LogP contribution in [-0.4, -0.2) is 24.3 Å². The molecule has 0 saturated heterocycles. The summed E-state index contributed by atoms with van der Waals surface area (Å²) in [6, 6.07) is 16.0. The SMILES string of the molecule is COc1cccc(C2=NS/C(=C3/SN=C(c4cccc(OC)c4)S3)S2)c1. The number of benzene rings is 2. The number of ether oxygens (including phenoxy) is 2. The molecule has 0 N–H and O–H groups in total. The van der Waals surface area contributed by atoms with Gasteiger partial charge in [0.2, 0.25) is 0 Å². The first-order valence-electron chi connectivity index (χ1n) is 7.65. The number of hydrogen-bond donors (Lipinski definition) is 0. The van der Waals surface area contributed by atoms with Gasteiger partial charge in [0.15, 0.2) is 0 Å². The minimum atomic E-state index is 0.838. The smallest absolute Gasteiger partial charge is 0.119 e. The van der Waals surface area contributed by atoms with Crippen molar-refractivity contribution < 1.29 is 9.47 Å². The molecule has 4 rings (SSSR count). The van der Waals surface area contributed by atoms with E-state index < -0.39 is 0 Å². The van der Waals surface area contributed by atoms with Gasteiger partial charge in [-0.2, -0.15) is 0 Å². The molecular weight excluding hydrogens is 404 g/mol. The molecule has 0 fully saturated rings.